The molecule has 32 heavy (non-hydrogen) atoms. The molecule has 0 amide bonds. The lowest BCUT2D eigenvalue weighted by atomic mass is 10.2. The van der Waals surface area contributed by atoms with Crippen molar-refractivity contribution in [2.45, 2.75) is 13.5 Å². The van der Waals surface area contributed by atoms with Gasteiger partial charge in [-0.25, -0.2) is 10.4 Å². The summed E-state index contributed by atoms with van der Waals surface area (Å²) in [7, 11) is 1.95. The number of benzene rings is 3. The van der Waals surface area contributed by atoms with Crippen LogP contribution in [0, 0.1) is 3.57 Å². The lowest BCUT2D eigenvalue weighted by molar-refractivity contribution is 0.267. The van der Waals surface area contributed by atoms with Crippen LogP contribution in [0.3, 0.4) is 0 Å². The van der Waals surface area contributed by atoms with Crippen molar-refractivity contribution in [3.05, 3.63) is 80.4 Å². The van der Waals surface area contributed by atoms with Crippen molar-refractivity contribution in [1.29, 1.82) is 0 Å². The average Bonchev–Trinajstić information content (AvgIpc) is 3.10. The monoisotopic (exact) mass is 560 g/mol. The van der Waals surface area contributed by atoms with E-state index in [1.54, 1.807) is 6.21 Å². The van der Waals surface area contributed by atoms with Crippen molar-refractivity contribution in [1.82, 2.24) is 9.55 Å². The molecule has 4 rings (SSSR count). The van der Waals surface area contributed by atoms with Crippen molar-refractivity contribution in [3.8, 4) is 11.5 Å². The van der Waals surface area contributed by atoms with E-state index in [4.69, 9.17) is 21.1 Å². The highest BCUT2D eigenvalue weighted by molar-refractivity contribution is 14.1. The van der Waals surface area contributed by atoms with Crippen molar-refractivity contribution in [3.63, 3.8) is 0 Å². The van der Waals surface area contributed by atoms with Gasteiger partial charge in [0.05, 0.1) is 27.4 Å². The summed E-state index contributed by atoms with van der Waals surface area (Å²) in [5, 5.41) is 5.05. The minimum atomic E-state index is 0.359. The second-order valence-electron chi connectivity index (χ2n) is 7.00. The van der Waals surface area contributed by atoms with E-state index in [1.807, 2.05) is 79.2 Å². The Morgan fingerprint density at radius 1 is 1.12 bits per heavy atom. The fourth-order valence-corrected chi connectivity index (χ4v) is 4.21. The number of hydrogen-bond donors (Lipinski definition) is 1. The number of anilines is 1. The zero-order valence-corrected chi connectivity index (χ0v) is 20.6. The third kappa shape index (κ3) is 4.99. The van der Waals surface area contributed by atoms with Gasteiger partial charge in [0.25, 0.3) is 0 Å². The van der Waals surface area contributed by atoms with E-state index in [0.29, 0.717) is 35.7 Å². The van der Waals surface area contributed by atoms with Crippen molar-refractivity contribution >= 4 is 57.4 Å². The van der Waals surface area contributed by atoms with Gasteiger partial charge in [0, 0.05) is 17.6 Å². The van der Waals surface area contributed by atoms with Crippen LogP contribution in [0.5, 0.6) is 11.5 Å². The molecule has 0 fully saturated rings. The van der Waals surface area contributed by atoms with Gasteiger partial charge in [0.2, 0.25) is 5.95 Å². The minimum Gasteiger partial charge on any atom is -0.490 e. The maximum absolute atomic E-state index is 6.26. The van der Waals surface area contributed by atoms with Gasteiger partial charge in [0.15, 0.2) is 11.5 Å². The van der Waals surface area contributed by atoms with Crippen LogP contribution >= 0.6 is 34.2 Å². The third-order valence-corrected chi connectivity index (χ3v) is 6.00. The predicted molar refractivity (Wildman–Crippen MR) is 138 cm³/mol. The van der Waals surface area contributed by atoms with Gasteiger partial charge in [0.1, 0.15) is 6.61 Å². The molecule has 1 N–H and O–H groups in total. The fourth-order valence-electron chi connectivity index (χ4n) is 3.24. The summed E-state index contributed by atoms with van der Waals surface area (Å²) in [6.45, 7) is 2.83. The first kappa shape index (κ1) is 22.4. The first-order chi connectivity index (χ1) is 15.6. The van der Waals surface area contributed by atoms with Gasteiger partial charge in [-0.15, -0.1) is 0 Å². The van der Waals surface area contributed by atoms with Gasteiger partial charge in [-0.05, 0) is 65.4 Å². The standard InChI is InChI=1S/C24H22ClIN4O2/c1-3-31-22-13-16(12-19(26)23(22)32-15-17-8-4-5-9-18(17)25)14-27-29-24-28-20-10-6-7-11-21(20)30(24)2/h4-14H,3,15H2,1-2H3,(H,28,29)/b27-14-. The number of nitrogens with zero attached hydrogens (tertiary/aromatic N) is 3. The Hall–Kier alpha value is -2.78. The molecule has 0 saturated heterocycles. The lowest BCUT2D eigenvalue weighted by Gasteiger charge is -2.15. The highest BCUT2D eigenvalue weighted by Gasteiger charge is 2.13. The van der Waals surface area contributed by atoms with Crippen LogP contribution in [-0.2, 0) is 13.7 Å². The molecule has 0 spiro atoms. The molecule has 164 valence electrons. The van der Waals surface area contributed by atoms with Gasteiger partial charge in [-0.2, -0.15) is 5.10 Å². The van der Waals surface area contributed by atoms with Crippen LogP contribution in [0.15, 0.2) is 65.8 Å². The molecule has 0 aliphatic carbocycles. The third-order valence-electron chi connectivity index (χ3n) is 4.83. The Kier molecular flexibility index (Phi) is 7.16. The first-order valence-corrected chi connectivity index (χ1v) is 11.6. The molecule has 6 nitrogen and oxygen atoms in total. The SMILES string of the molecule is CCOc1cc(/C=N\Nc2nc3ccccc3n2C)cc(I)c1OCc1ccccc1Cl. The number of hydrogen-bond acceptors (Lipinski definition) is 5. The molecular weight excluding hydrogens is 539 g/mol. The van der Waals surface area contributed by atoms with Crippen LogP contribution in [0.4, 0.5) is 5.95 Å². The second-order valence-corrected chi connectivity index (χ2v) is 8.57. The average molecular weight is 561 g/mol. The quantitative estimate of drug-likeness (QED) is 0.157. The molecule has 1 heterocycles. The molecule has 3 aromatic carbocycles. The largest absolute Gasteiger partial charge is 0.490 e. The Balaban J connectivity index is 1.52. The maximum Gasteiger partial charge on any atom is 0.224 e. The van der Waals surface area contributed by atoms with E-state index in [-0.39, 0.29) is 0 Å². The number of para-hydroxylation sites is 2. The summed E-state index contributed by atoms with van der Waals surface area (Å²) in [5.74, 6) is 2.02. The number of fused-ring (bicyclic) bond motifs is 1. The number of halogens is 2. The van der Waals surface area contributed by atoms with E-state index in [0.717, 1.165) is 25.7 Å². The Morgan fingerprint density at radius 3 is 2.69 bits per heavy atom. The van der Waals surface area contributed by atoms with Gasteiger partial charge >= 0.3 is 0 Å². The summed E-state index contributed by atoms with van der Waals surface area (Å²) in [4.78, 5) is 4.56. The molecule has 4 aromatic rings. The van der Waals surface area contributed by atoms with Crippen LogP contribution in [0.2, 0.25) is 5.02 Å². The Morgan fingerprint density at radius 2 is 1.91 bits per heavy atom. The molecule has 0 radical (unpaired) electrons. The van der Waals surface area contributed by atoms with Crippen molar-refractivity contribution < 1.29 is 9.47 Å². The number of hydrazone groups is 1. The highest BCUT2D eigenvalue weighted by atomic mass is 127. The zero-order chi connectivity index (χ0) is 22.5. The number of imidazole rings is 1. The van der Waals surface area contributed by atoms with Crippen molar-refractivity contribution in [2.75, 3.05) is 12.0 Å². The molecule has 1 aromatic heterocycles. The van der Waals surface area contributed by atoms with E-state index < -0.39 is 0 Å². The maximum atomic E-state index is 6.26. The number of aromatic nitrogens is 2. The van der Waals surface area contributed by atoms with E-state index in [2.05, 4.69) is 38.1 Å². The first-order valence-electron chi connectivity index (χ1n) is 10.1. The minimum absolute atomic E-state index is 0.359. The molecule has 0 aliphatic heterocycles. The fraction of sp³-hybridized carbons (Fsp3) is 0.167. The predicted octanol–water partition coefficient (Wildman–Crippen LogP) is 6.26. The number of nitrogens with one attached hydrogen (secondary N) is 1. The molecule has 8 heteroatoms. The van der Waals surface area contributed by atoms with E-state index in [1.165, 1.54) is 0 Å². The van der Waals surface area contributed by atoms with Crippen LogP contribution < -0.4 is 14.9 Å². The van der Waals surface area contributed by atoms with Crippen LogP contribution in [0.1, 0.15) is 18.1 Å². The van der Waals surface area contributed by atoms with Gasteiger partial charge in [-0.1, -0.05) is 41.9 Å². The molecule has 0 unspecified atom stereocenters. The summed E-state index contributed by atoms with van der Waals surface area (Å²) in [5.41, 5.74) is 6.78. The summed E-state index contributed by atoms with van der Waals surface area (Å²) in [6, 6.07) is 19.5. The molecule has 0 atom stereocenters. The van der Waals surface area contributed by atoms with E-state index in [9.17, 15) is 0 Å². The molecule has 0 saturated carbocycles. The Bertz CT molecular complexity index is 1270. The van der Waals surface area contributed by atoms with E-state index >= 15 is 0 Å². The summed E-state index contributed by atoms with van der Waals surface area (Å²) in [6.07, 6.45) is 1.74. The molecule has 0 aliphatic rings. The lowest BCUT2D eigenvalue weighted by Crippen LogP contribution is -2.03. The van der Waals surface area contributed by atoms with Gasteiger partial charge in [-0.3, -0.25) is 0 Å². The number of rotatable bonds is 8. The number of aryl methyl sites for hydroxylation is 1. The second kappa shape index (κ2) is 10.2. The normalized spacial score (nSPS) is 11.2. The topological polar surface area (TPSA) is 60.7 Å². The molecular formula is C24H22ClIN4O2. The zero-order valence-electron chi connectivity index (χ0n) is 17.7. The van der Waals surface area contributed by atoms with Crippen molar-refractivity contribution in [2.24, 2.45) is 12.1 Å². The summed E-state index contributed by atoms with van der Waals surface area (Å²) >= 11 is 8.50. The van der Waals surface area contributed by atoms with Gasteiger partial charge < -0.3 is 14.0 Å². The summed E-state index contributed by atoms with van der Waals surface area (Å²) < 4.78 is 14.8. The smallest absolute Gasteiger partial charge is 0.224 e. The van der Waals surface area contributed by atoms with Crippen LogP contribution in [-0.4, -0.2) is 22.4 Å². The molecule has 0 bridgehead atoms. The highest BCUT2D eigenvalue weighted by Crippen LogP contribution is 2.35. The van der Waals surface area contributed by atoms with Crippen LogP contribution in [0.25, 0.3) is 11.0 Å². The Labute approximate surface area is 205 Å². The number of ether oxygens (including phenoxy) is 2.